The molecule has 258 valence electrons. The van der Waals surface area contributed by atoms with Crippen LogP contribution in [-0.2, 0) is 29.1 Å². The summed E-state index contributed by atoms with van der Waals surface area (Å²) in [4.78, 5) is 49.8. The quantitative estimate of drug-likeness (QED) is 0.194. The lowest BCUT2D eigenvalue weighted by molar-refractivity contribution is -0.157. The van der Waals surface area contributed by atoms with E-state index >= 15 is 0 Å². The van der Waals surface area contributed by atoms with Crippen molar-refractivity contribution in [2.45, 2.75) is 45.1 Å². The van der Waals surface area contributed by atoms with Crippen LogP contribution in [0.3, 0.4) is 0 Å². The van der Waals surface area contributed by atoms with E-state index in [9.17, 15) is 14.4 Å². The van der Waals surface area contributed by atoms with Crippen molar-refractivity contribution in [1.82, 2.24) is 30.1 Å². The van der Waals surface area contributed by atoms with Gasteiger partial charge in [-0.2, -0.15) is 5.01 Å². The molecule has 49 heavy (non-hydrogen) atoms. The van der Waals surface area contributed by atoms with Crippen LogP contribution in [0.5, 0.6) is 5.75 Å². The Morgan fingerprint density at radius 2 is 1.90 bits per heavy atom. The van der Waals surface area contributed by atoms with Crippen LogP contribution in [0, 0.1) is 0 Å². The summed E-state index contributed by atoms with van der Waals surface area (Å²) in [6.07, 6.45) is 0.308. The number of hydrazine groups is 1. The van der Waals surface area contributed by atoms with E-state index < -0.39 is 12.2 Å². The number of anilines is 1. The molecule has 12 nitrogen and oxygen atoms in total. The number of hydrogen-bond acceptors (Lipinski definition) is 9. The van der Waals surface area contributed by atoms with Gasteiger partial charge in [0, 0.05) is 26.1 Å². The third kappa shape index (κ3) is 7.55. The molecule has 15 heteroatoms. The number of hydrogen-bond donors (Lipinski definition) is 3. The van der Waals surface area contributed by atoms with Crippen LogP contribution in [0.4, 0.5) is 9.93 Å². The van der Waals surface area contributed by atoms with Gasteiger partial charge < -0.3 is 30.7 Å². The summed E-state index contributed by atoms with van der Waals surface area (Å²) in [5.74, 6) is 0.158. The van der Waals surface area contributed by atoms with Crippen LogP contribution >= 0.6 is 34.5 Å². The average Bonchev–Trinajstić information content (AvgIpc) is 3.64. The smallest absolute Gasteiger partial charge is 0.332 e. The summed E-state index contributed by atoms with van der Waals surface area (Å²) in [5, 5.41) is 16.7. The molecule has 0 radical (unpaired) electrons. The maximum Gasteiger partial charge on any atom is 0.332 e. The number of nitrogens with one attached hydrogen (secondary N) is 1. The predicted molar refractivity (Wildman–Crippen MR) is 189 cm³/mol. The number of ether oxygens (including phenoxy) is 1. The Labute approximate surface area is 297 Å². The number of nitrogens with zero attached hydrogens (tertiary/aromatic N) is 5. The molecule has 4 aromatic rings. The molecule has 3 aromatic carbocycles. The number of carbonyl (C=O) groups excluding carboxylic acids is 3. The zero-order valence-electron chi connectivity index (χ0n) is 26.8. The summed E-state index contributed by atoms with van der Waals surface area (Å²) in [7, 11) is 0. The molecule has 0 aliphatic carbocycles. The molecule has 2 fully saturated rings. The lowest BCUT2D eigenvalue weighted by atomic mass is 9.99. The van der Waals surface area contributed by atoms with Crippen molar-refractivity contribution in [2.75, 3.05) is 38.6 Å². The number of carbonyl (C=O) groups is 3. The molecule has 2 aliphatic rings. The molecule has 6 rings (SSSR count). The van der Waals surface area contributed by atoms with Crippen LogP contribution in [0.2, 0.25) is 10.0 Å². The number of aliphatic hydroxyl groups is 1. The third-order valence-electron chi connectivity index (χ3n) is 8.57. The summed E-state index contributed by atoms with van der Waals surface area (Å²) in [6.45, 7) is 2.97. The first-order valence-electron chi connectivity index (χ1n) is 16.0. The third-order valence-corrected chi connectivity index (χ3v) is 10.2. The minimum absolute atomic E-state index is 0.0609. The highest BCUT2D eigenvalue weighted by Crippen LogP contribution is 2.33. The highest BCUT2D eigenvalue weighted by molar-refractivity contribution is 7.22. The second-order valence-electron chi connectivity index (χ2n) is 11.9. The van der Waals surface area contributed by atoms with E-state index in [-0.39, 0.29) is 63.7 Å². The highest BCUT2D eigenvalue weighted by atomic mass is 35.5. The minimum Gasteiger partial charge on any atom is -0.491 e. The number of nitrogens with two attached hydrogens (primary N) is 1. The Balaban J connectivity index is 1.29. The van der Waals surface area contributed by atoms with Crippen LogP contribution in [-0.4, -0.2) is 92.8 Å². The number of halogens is 2. The number of nitrogen functional groups attached to an aromatic ring is 1. The zero-order chi connectivity index (χ0) is 34.7. The van der Waals surface area contributed by atoms with Crippen LogP contribution in [0.1, 0.15) is 30.0 Å². The number of fused-ring (bicyclic) bond motifs is 2. The van der Waals surface area contributed by atoms with Crippen LogP contribution in [0.15, 0.2) is 60.7 Å². The Hall–Kier alpha value is -4.14. The number of urea groups is 1. The molecule has 0 bridgehead atoms. The van der Waals surface area contributed by atoms with Gasteiger partial charge in [0.25, 0.3) is 0 Å². The van der Waals surface area contributed by atoms with E-state index in [4.69, 9.17) is 38.8 Å². The first-order chi connectivity index (χ1) is 23.7. The van der Waals surface area contributed by atoms with E-state index in [1.54, 1.807) is 50.1 Å². The Morgan fingerprint density at radius 1 is 1.12 bits per heavy atom. The van der Waals surface area contributed by atoms with Crippen molar-refractivity contribution in [3.8, 4) is 5.75 Å². The molecule has 0 unspecified atom stereocenters. The van der Waals surface area contributed by atoms with Crippen molar-refractivity contribution in [3.63, 3.8) is 0 Å². The number of rotatable bonds is 12. The first-order valence-corrected chi connectivity index (χ1v) is 17.6. The van der Waals surface area contributed by atoms with Gasteiger partial charge in [-0.25, -0.2) is 9.78 Å². The summed E-state index contributed by atoms with van der Waals surface area (Å²) >= 11 is 13.6. The molecule has 2 saturated heterocycles. The van der Waals surface area contributed by atoms with Gasteiger partial charge in [-0.05, 0) is 53.4 Å². The fourth-order valence-electron chi connectivity index (χ4n) is 6.33. The van der Waals surface area contributed by atoms with E-state index in [1.165, 1.54) is 11.3 Å². The normalized spacial score (nSPS) is 17.9. The van der Waals surface area contributed by atoms with Crippen molar-refractivity contribution in [3.05, 3.63) is 87.4 Å². The summed E-state index contributed by atoms with van der Waals surface area (Å²) < 4.78 is 6.43. The maximum atomic E-state index is 14.3. The number of para-hydroxylation sites is 1. The van der Waals surface area contributed by atoms with Crippen molar-refractivity contribution in [2.24, 2.45) is 0 Å². The summed E-state index contributed by atoms with van der Waals surface area (Å²) in [5.41, 5.74) is 9.23. The second-order valence-corrected chi connectivity index (χ2v) is 13.8. The molecule has 2 atom stereocenters. The largest absolute Gasteiger partial charge is 0.491 e. The Morgan fingerprint density at radius 3 is 2.63 bits per heavy atom. The SMILES string of the molecule is CCCN(C(=O)NCc1ccc(Cl)c(Cl)c1)N1CC(=O)N2[C@@H](Cc3ccc(OCCO)cc3)C(=O)N(Cc3cccc4sc(N)nc34)C[C@@H]21. The zero-order valence-corrected chi connectivity index (χ0v) is 29.2. The van der Waals surface area contributed by atoms with E-state index in [0.717, 1.165) is 26.9 Å². The lowest BCUT2D eigenvalue weighted by Crippen LogP contribution is -2.66. The monoisotopic (exact) mass is 725 g/mol. The minimum atomic E-state index is -0.817. The van der Waals surface area contributed by atoms with Gasteiger partial charge in [-0.1, -0.05) is 71.8 Å². The molecule has 2 aliphatic heterocycles. The molecular weight excluding hydrogens is 689 g/mol. The van der Waals surface area contributed by atoms with Gasteiger partial charge >= 0.3 is 6.03 Å². The fourth-order valence-corrected chi connectivity index (χ4v) is 7.43. The Kier molecular flexibility index (Phi) is 10.8. The van der Waals surface area contributed by atoms with Gasteiger partial charge in [0.05, 0.1) is 40.0 Å². The number of aliphatic hydroxyl groups excluding tert-OH is 1. The second kappa shape index (κ2) is 15.2. The van der Waals surface area contributed by atoms with E-state index in [0.29, 0.717) is 33.9 Å². The molecule has 4 amide bonds. The van der Waals surface area contributed by atoms with Crippen LogP contribution in [0.25, 0.3) is 10.2 Å². The Bertz CT molecular complexity index is 1840. The van der Waals surface area contributed by atoms with Gasteiger partial charge in [0.15, 0.2) is 5.13 Å². The maximum absolute atomic E-state index is 14.3. The van der Waals surface area contributed by atoms with E-state index in [2.05, 4.69) is 10.3 Å². The number of piperazine rings is 1. The van der Waals surface area contributed by atoms with Crippen LogP contribution < -0.4 is 15.8 Å². The molecular formula is C34H37Cl2N7O5S. The average molecular weight is 727 g/mol. The predicted octanol–water partition coefficient (Wildman–Crippen LogP) is 4.52. The number of amides is 4. The highest BCUT2D eigenvalue weighted by Gasteiger charge is 2.52. The van der Waals surface area contributed by atoms with Gasteiger partial charge in [0.2, 0.25) is 11.8 Å². The first kappa shape index (κ1) is 34.7. The molecule has 0 saturated carbocycles. The van der Waals surface area contributed by atoms with E-state index in [1.807, 2.05) is 37.3 Å². The number of thiazole rings is 1. The standard InChI is InChI=1S/C34H37Cl2N7O5S/c1-2-12-41(34(47)38-17-22-8-11-25(35)26(36)15-22)42-20-30(45)43-27(16-21-6-9-24(10-7-21)48-14-13-44)32(46)40(19-29(42)43)18-23-4-3-5-28-31(23)39-33(37)49-28/h3-11,15,27,29,44H,2,12-14,16-20H2,1H3,(H2,37,39)(H,38,47)/t27-,29+/m0/s1. The lowest BCUT2D eigenvalue weighted by Gasteiger charge is -2.46. The summed E-state index contributed by atoms with van der Waals surface area (Å²) in [6, 6.07) is 17.0. The number of aromatic nitrogens is 1. The van der Waals surface area contributed by atoms with Gasteiger partial charge in [-0.3, -0.25) is 14.6 Å². The topological polar surface area (TPSA) is 145 Å². The molecule has 4 N–H and O–H groups in total. The van der Waals surface area contributed by atoms with Crippen molar-refractivity contribution < 1.29 is 24.2 Å². The molecule has 0 spiro atoms. The molecule has 1 aromatic heterocycles. The molecule has 3 heterocycles. The van der Waals surface area contributed by atoms with Gasteiger partial charge in [-0.15, -0.1) is 0 Å². The van der Waals surface area contributed by atoms with Gasteiger partial charge in [0.1, 0.15) is 24.6 Å². The van der Waals surface area contributed by atoms with Crippen molar-refractivity contribution >= 4 is 67.7 Å². The fraction of sp³-hybridized carbons (Fsp3) is 0.353. The van der Waals surface area contributed by atoms with Crippen molar-refractivity contribution in [1.29, 1.82) is 0 Å². The number of benzene rings is 3.